The van der Waals surface area contributed by atoms with Crippen LogP contribution in [0.2, 0.25) is 5.02 Å². The van der Waals surface area contributed by atoms with E-state index in [1.54, 1.807) is 13.8 Å². The molecule has 4 atom stereocenters. The molecule has 0 radical (unpaired) electrons. The van der Waals surface area contributed by atoms with Gasteiger partial charge in [-0.15, -0.1) is 11.3 Å². The molecule has 272 valence electrons. The van der Waals surface area contributed by atoms with Crippen molar-refractivity contribution in [3.63, 3.8) is 0 Å². The number of carbonyl (C=O) groups is 6. The van der Waals surface area contributed by atoms with Gasteiger partial charge < -0.3 is 31.1 Å². The lowest BCUT2D eigenvalue weighted by molar-refractivity contribution is -0.136. The molecule has 1 aromatic heterocycles. The maximum absolute atomic E-state index is 13.8. The Bertz CT molecular complexity index is 1770. The first-order valence-electron chi connectivity index (χ1n) is 16.3. The van der Waals surface area contributed by atoms with Gasteiger partial charge in [-0.25, -0.2) is 9.37 Å². The Morgan fingerprint density at radius 1 is 0.961 bits per heavy atom. The van der Waals surface area contributed by atoms with Crippen LogP contribution in [0, 0.1) is 11.7 Å². The normalized spacial score (nSPS) is 21.7. The standard InChI is InChI=1S/C35H41ClFN7O6S/c1-19(2)29-32(48)39-21(4)34(49)43(5)13-14-44(35(50)24-12-11-23(37)16-25(24)36)17-28(45)40-26(15-22-9-7-6-8-10-22)33-41-27(18-51-33)31(47)38-20(3)30(46)42-29/h6-12,16,18-21,26,29H,13-15,17H2,1-5H3,(H,38,47)(H,39,48)(H,40,45)(H,42,46)/t20-,21+,26-,29-/m0/s1. The molecule has 2 bridgehead atoms. The zero-order valence-electron chi connectivity index (χ0n) is 28.9. The number of nitrogens with one attached hydrogen (secondary N) is 4. The summed E-state index contributed by atoms with van der Waals surface area (Å²) in [5.41, 5.74) is 0.838. The van der Waals surface area contributed by atoms with Gasteiger partial charge in [0.2, 0.25) is 23.6 Å². The van der Waals surface area contributed by atoms with Gasteiger partial charge in [0.15, 0.2) is 0 Å². The van der Waals surface area contributed by atoms with Gasteiger partial charge in [-0.3, -0.25) is 28.8 Å². The minimum atomic E-state index is -1.05. The molecule has 16 heteroatoms. The topological polar surface area (TPSA) is 170 Å². The number of aromatic nitrogens is 1. The molecule has 51 heavy (non-hydrogen) atoms. The van der Waals surface area contributed by atoms with Crippen molar-refractivity contribution in [3.05, 3.63) is 86.6 Å². The summed E-state index contributed by atoms with van der Waals surface area (Å²) in [5.74, 6) is -4.63. The third kappa shape index (κ3) is 10.3. The summed E-state index contributed by atoms with van der Waals surface area (Å²) < 4.78 is 13.8. The van der Waals surface area contributed by atoms with Crippen molar-refractivity contribution in [2.75, 3.05) is 26.7 Å². The molecule has 2 heterocycles. The Balaban J connectivity index is 1.71. The average Bonchev–Trinajstić information content (AvgIpc) is 3.58. The van der Waals surface area contributed by atoms with Crippen molar-refractivity contribution < 1.29 is 33.2 Å². The van der Waals surface area contributed by atoms with Gasteiger partial charge in [0.05, 0.1) is 23.2 Å². The summed E-state index contributed by atoms with van der Waals surface area (Å²) in [7, 11) is 1.48. The van der Waals surface area contributed by atoms with Crippen LogP contribution in [-0.4, -0.2) is 95.0 Å². The number of nitrogens with zero attached hydrogens (tertiary/aromatic N) is 3. The largest absolute Gasteiger partial charge is 0.345 e. The maximum Gasteiger partial charge on any atom is 0.271 e. The summed E-state index contributed by atoms with van der Waals surface area (Å²) in [6.07, 6.45) is 0.296. The van der Waals surface area contributed by atoms with E-state index >= 15 is 0 Å². The van der Waals surface area contributed by atoms with Crippen molar-refractivity contribution >= 4 is 58.4 Å². The number of rotatable bonds is 4. The van der Waals surface area contributed by atoms with Crippen molar-refractivity contribution in [3.8, 4) is 0 Å². The van der Waals surface area contributed by atoms with Gasteiger partial charge in [-0.2, -0.15) is 0 Å². The number of hydrogen-bond acceptors (Lipinski definition) is 8. The monoisotopic (exact) mass is 741 g/mol. The highest BCUT2D eigenvalue weighted by Gasteiger charge is 2.31. The van der Waals surface area contributed by atoms with E-state index in [-0.39, 0.29) is 35.3 Å². The van der Waals surface area contributed by atoms with Gasteiger partial charge in [-0.05, 0) is 49.9 Å². The van der Waals surface area contributed by atoms with E-state index in [2.05, 4.69) is 26.3 Å². The number of fused-ring (bicyclic) bond motifs is 2. The highest BCUT2D eigenvalue weighted by Crippen LogP contribution is 2.24. The van der Waals surface area contributed by atoms with Crippen LogP contribution < -0.4 is 21.3 Å². The minimum absolute atomic E-state index is 0.0177. The van der Waals surface area contributed by atoms with Crippen LogP contribution in [0.15, 0.2) is 53.9 Å². The van der Waals surface area contributed by atoms with E-state index in [1.807, 2.05) is 30.3 Å². The fourth-order valence-corrected chi connectivity index (χ4v) is 6.42. The smallest absolute Gasteiger partial charge is 0.271 e. The predicted molar refractivity (Wildman–Crippen MR) is 189 cm³/mol. The van der Waals surface area contributed by atoms with Crippen molar-refractivity contribution in [1.82, 2.24) is 36.1 Å². The van der Waals surface area contributed by atoms with Crippen LogP contribution >= 0.6 is 22.9 Å². The molecule has 0 fully saturated rings. The molecule has 13 nitrogen and oxygen atoms in total. The Morgan fingerprint density at radius 3 is 2.33 bits per heavy atom. The SMILES string of the molecule is CC(C)[C@@H]1NC(=O)[C@H](C)NC(=O)c2csc(n2)[C@H](Cc2ccccc2)NC(=O)CN(C(=O)c2ccc(F)cc2Cl)CCN(C)C(=O)[C@@H](C)NC1=O. The lowest BCUT2D eigenvalue weighted by atomic mass is 10.0. The zero-order chi connectivity index (χ0) is 37.4. The first kappa shape index (κ1) is 38.9. The number of likely N-dealkylation sites (N-methyl/N-ethyl adjacent to an activating group) is 1. The van der Waals surface area contributed by atoms with Gasteiger partial charge in [0, 0.05) is 25.5 Å². The predicted octanol–water partition coefficient (Wildman–Crippen LogP) is 2.71. The molecule has 4 N–H and O–H groups in total. The molecule has 0 spiro atoms. The summed E-state index contributed by atoms with van der Waals surface area (Å²) >= 11 is 7.36. The molecule has 0 saturated heterocycles. The summed E-state index contributed by atoms with van der Waals surface area (Å²) in [4.78, 5) is 87.3. The molecule has 1 aliphatic heterocycles. The van der Waals surface area contributed by atoms with Crippen LogP contribution in [0.3, 0.4) is 0 Å². The molecule has 4 rings (SSSR count). The van der Waals surface area contributed by atoms with Crippen LogP contribution in [0.4, 0.5) is 4.39 Å². The zero-order valence-corrected chi connectivity index (χ0v) is 30.4. The Hall–Kier alpha value is -4.89. The molecule has 0 saturated carbocycles. The number of carbonyl (C=O) groups excluding carboxylic acids is 6. The lowest BCUT2D eigenvalue weighted by Gasteiger charge is -2.29. The maximum atomic E-state index is 13.8. The second-order valence-corrected chi connectivity index (χ2v) is 13.9. The number of halogens is 2. The molecule has 0 unspecified atom stereocenters. The van der Waals surface area contributed by atoms with Crippen LogP contribution in [0.5, 0.6) is 0 Å². The van der Waals surface area contributed by atoms with E-state index in [0.717, 1.165) is 29.0 Å². The third-order valence-electron chi connectivity index (χ3n) is 8.25. The first-order chi connectivity index (χ1) is 24.1. The number of amides is 6. The summed E-state index contributed by atoms with van der Waals surface area (Å²) in [6, 6.07) is 8.75. The highest BCUT2D eigenvalue weighted by atomic mass is 35.5. The third-order valence-corrected chi connectivity index (χ3v) is 9.52. The van der Waals surface area contributed by atoms with Crippen molar-refractivity contribution in [1.29, 1.82) is 0 Å². The average molecular weight is 742 g/mol. The molecular weight excluding hydrogens is 701 g/mol. The van der Waals surface area contributed by atoms with Gasteiger partial charge in [0.25, 0.3) is 11.8 Å². The lowest BCUT2D eigenvalue weighted by Crippen LogP contribution is -2.57. The second kappa shape index (κ2) is 17.4. The van der Waals surface area contributed by atoms with E-state index in [4.69, 9.17) is 11.6 Å². The van der Waals surface area contributed by atoms with Crippen LogP contribution in [0.1, 0.15) is 65.2 Å². The van der Waals surface area contributed by atoms with E-state index in [9.17, 15) is 33.2 Å². The Kier molecular flexibility index (Phi) is 13.2. The Labute approximate surface area is 304 Å². The van der Waals surface area contributed by atoms with Gasteiger partial charge in [-0.1, -0.05) is 55.8 Å². The number of benzene rings is 2. The quantitative estimate of drug-likeness (QED) is 0.319. The molecule has 2 aromatic carbocycles. The fraction of sp³-hybridized carbons (Fsp3) is 0.400. The van der Waals surface area contributed by atoms with E-state index in [1.165, 1.54) is 42.1 Å². The minimum Gasteiger partial charge on any atom is -0.345 e. The van der Waals surface area contributed by atoms with Crippen molar-refractivity contribution in [2.24, 2.45) is 5.92 Å². The van der Waals surface area contributed by atoms with E-state index in [0.29, 0.717) is 11.4 Å². The fourth-order valence-electron chi connectivity index (χ4n) is 5.33. The van der Waals surface area contributed by atoms with Gasteiger partial charge >= 0.3 is 0 Å². The molecule has 1 aliphatic rings. The van der Waals surface area contributed by atoms with Gasteiger partial charge in [0.1, 0.15) is 34.6 Å². The first-order valence-corrected chi connectivity index (χ1v) is 17.6. The van der Waals surface area contributed by atoms with Crippen molar-refractivity contribution in [2.45, 2.75) is 58.3 Å². The van der Waals surface area contributed by atoms with Crippen LogP contribution in [0.25, 0.3) is 0 Å². The molecule has 0 aliphatic carbocycles. The number of hydrogen-bond donors (Lipinski definition) is 4. The Morgan fingerprint density at radius 2 is 1.67 bits per heavy atom. The summed E-state index contributed by atoms with van der Waals surface area (Å²) in [6.45, 7) is 5.77. The molecule has 6 amide bonds. The number of thiazole rings is 1. The van der Waals surface area contributed by atoms with Crippen LogP contribution in [-0.2, 0) is 25.6 Å². The highest BCUT2D eigenvalue weighted by molar-refractivity contribution is 7.09. The molecular formula is C35H41ClFN7O6S. The second-order valence-electron chi connectivity index (χ2n) is 12.6. The summed E-state index contributed by atoms with van der Waals surface area (Å²) in [5, 5.41) is 12.6. The van der Waals surface area contributed by atoms with E-state index < -0.39 is 72.0 Å². The molecule has 3 aromatic rings.